The Morgan fingerprint density at radius 2 is 1.40 bits per heavy atom. The molecule has 2 amide bonds. The largest absolute Gasteiger partial charge is 0.391 e. The van der Waals surface area contributed by atoms with Gasteiger partial charge in [-0.1, -0.05) is 19.3 Å². The maximum absolute atomic E-state index is 12.7. The Kier molecular flexibility index (Phi) is 4.81. The number of carbonyl (C=O) groups excluding carboxylic acids is 1. The second-order valence-electron chi connectivity index (χ2n) is 6.08. The standard InChI is InChI=1S/C14H23F3N2O/c15-14(16,17)10-6-8-12(9-7-10)19(13(18)20)11-4-2-1-3-5-11/h10-12H,1-9H2,(H2,18,20). The summed E-state index contributed by atoms with van der Waals surface area (Å²) < 4.78 is 38.0. The number of halogens is 3. The van der Waals surface area contributed by atoms with Gasteiger partial charge in [0.25, 0.3) is 0 Å². The third-order valence-electron chi connectivity index (χ3n) is 4.78. The zero-order valence-electron chi connectivity index (χ0n) is 11.7. The number of rotatable bonds is 2. The Labute approximate surface area is 117 Å². The molecule has 0 spiro atoms. The van der Waals surface area contributed by atoms with E-state index < -0.39 is 18.1 Å². The summed E-state index contributed by atoms with van der Waals surface area (Å²) in [5, 5.41) is 0. The second-order valence-corrected chi connectivity index (χ2v) is 6.08. The monoisotopic (exact) mass is 292 g/mol. The van der Waals surface area contributed by atoms with Crippen LogP contribution < -0.4 is 5.73 Å². The lowest BCUT2D eigenvalue weighted by atomic mass is 9.83. The summed E-state index contributed by atoms with van der Waals surface area (Å²) in [6.07, 6.45) is 2.16. The van der Waals surface area contributed by atoms with Crippen LogP contribution in [0.4, 0.5) is 18.0 Å². The molecule has 2 fully saturated rings. The number of carbonyl (C=O) groups is 1. The molecule has 3 nitrogen and oxygen atoms in total. The number of alkyl halides is 3. The van der Waals surface area contributed by atoms with Crippen LogP contribution >= 0.6 is 0 Å². The Morgan fingerprint density at radius 3 is 1.85 bits per heavy atom. The molecule has 2 saturated carbocycles. The molecule has 0 bridgehead atoms. The summed E-state index contributed by atoms with van der Waals surface area (Å²) in [6, 6.07) is -0.435. The number of nitrogens with zero attached hydrogens (tertiary/aromatic N) is 1. The van der Waals surface area contributed by atoms with Gasteiger partial charge in [0, 0.05) is 12.1 Å². The predicted molar refractivity (Wildman–Crippen MR) is 70.1 cm³/mol. The maximum atomic E-state index is 12.7. The van der Waals surface area contributed by atoms with Gasteiger partial charge in [-0.15, -0.1) is 0 Å². The maximum Gasteiger partial charge on any atom is 0.391 e. The minimum Gasteiger partial charge on any atom is -0.351 e. The molecule has 116 valence electrons. The smallest absolute Gasteiger partial charge is 0.351 e. The highest BCUT2D eigenvalue weighted by atomic mass is 19.4. The minimum atomic E-state index is -4.10. The normalized spacial score (nSPS) is 29.1. The predicted octanol–water partition coefficient (Wildman–Crippen LogP) is 3.82. The lowest BCUT2D eigenvalue weighted by Gasteiger charge is -2.42. The SMILES string of the molecule is NC(=O)N(C1CCCCC1)C1CCC(C(F)(F)F)CC1. The zero-order chi connectivity index (χ0) is 14.8. The van der Waals surface area contributed by atoms with Gasteiger partial charge in [0.1, 0.15) is 0 Å². The number of amides is 2. The fraction of sp³-hybridized carbons (Fsp3) is 0.929. The third kappa shape index (κ3) is 3.58. The summed E-state index contributed by atoms with van der Waals surface area (Å²) in [5.74, 6) is -1.21. The Morgan fingerprint density at radius 1 is 0.900 bits per heavy atom. The van der Waals surface area contributed by atoms with Crippen molar-refractivity contribution in [2.75, 3.05) is 0 Å². The molecular weight excluding hydrogens is 269 g/mol. The van der Waals surface area contributed by atoms with E-state index in [1.807, 2.05) is 0 Å². The number of nitrogens with two attached hydrogens (primary N) is 1. The molecule has 0 atom stereocenters. The van der Waals surface area contributed by atoms with Gasteiger partial charge in [-0.05, 0) is 38.5 Å². The molecule has 2 rings (SSSR count). The Bertz CT molecular complexity index is 332. The first-order valence-corrected chi connectivity index (χ1v) is 7.54. The quantitative estimate of drug-likeness (QED) is 0.826. The van der Waals surface area contributed by atoms with Gasteiger partial charge in [0.05, 0.1) is 5.92 Å². The first-order chi connectivity index (χ1) is 9.39. The Hall–Kier alpha value is -0.940. The van der Waals surface area contributed by atoms with Crippen molar-refractivity contribution in [2.24, 2.45) is 11.7 Å². The van der Waals surface area contributed by atoms with Crippen molar-refractivity contribution in [3.63, 3.8) is 0 Å². The first kappa shape index (κ1) is 15.4. The van der Waals surface area contributed by atoms with Crippen LogP contribution in [-0.2, 0) is 0 Å². The van der Waals surface area contributed by atoms with Crippen LogP contribution in [0.15, 0.2) is 0 Å². The van der Waals surface area contributed by atoms with Crippen molar-refractivity contribution in [3.8, 4) is 0 Å². The summed E-state index contributed by atoms with van der Waals surface area (Å²) in [5.41, 5.74) is 5.48. The molecule has 0 aromatic carbocycles. The molecule has 0 aliphatic heterocycles. The Balaban J connectivity index is 1.96. The number of hydrogen-bond acceptors (Lipinski definition) is 1. The zero-order valence-corrected chi connectivity index (χ0v) is 11.7. The van der Waals surface area contributed by atoms with Crippen molar-refractivity contribution < 1.29 is 18.0 Å². The average Bonchev–Trinajstić information content (AvgIpc) is 2.39. The van der Waals surface area contributed by atoms with E-state index in [-0.39, 0.29) is 24.9 Å². The van der Waals surface area contributed by atoms with E-state index in [1.165, 1.54) is 6.42 Å². The van der Waals surface area contributed by atoms with Gasteiger partial charge in [-0.3, -0.25) is 0 Å². The molecular formula is C14H23F3N2O. The van der Waals surface area contributed by atoms with Crippen LogP contribution in [-0.4, -0.2) is 29.2 Å². The lowest BCUT2D eigenvalue weighted by Crippen LogP contribution is -2.52. The van der Waals surface area contributed by atoms with Gasteiger partial charge < -0.3 is 10.6 Å². The highest BCUT2D eigenvalue weighted by Gasteiger charge is 2.43. The molecule has 2 N–H and O–H groups in total. The van der Waals surface area contributed by atoms with Crippen LogP contribution in [0.1, 0.15) is 57.8 Å². The number of urea groups is 1. The highest BCUT2D eigenvalue weighted by Crippen LogP contribution is 2.39. The van der Waals surface area contributed by atoms with Crippen molar-refractivity contribution in [1.29, 1.82) is 0 Å². The molecule has 0 radical (unpaired) electrons. The van der Waals surface area contributed by atoms with E-state index in [0.29, 0.717) is 12.8 Å². The number of hydrogen-bond donors (Lipinski definition) is 1. The highest BCUT2D eigenvalue weighted by molar-refractivity contribution is 5.72. The van der Waals surface area contributed by atoms with Gasteiger partial charge in [0.2, 0.25) is 0 Å². The van der Waals surface area contributed by atoms with Crippen molar-refractivity contribution >= 4 is 6.03 Å². The summed E-state index contributed by atoms with van der Waals surface area (Å²) in [4.78, 5) is 13.4. The molecule has 2 aliphatic carbocycles. The van der Waals surface area contributed by atoms with E-state index in [9.17, 15) is 18.0 Å². The van der Waals surface area contributed by atoms with Crippen molar-refractivity contribution in [3.05, 3.63) is 0 Å². The van der Waals surface area contributed by atoms with E-state index in [2.05, 4.69) is 0 Å². The lowest BCUT2D eigenvalue weighted by molar-refractivity contribution is -0.184. The van der Waals surface area contributed by atoms with Gasteiger partial charge >= 0.3 is 12.2 Å². The molecule has 6 heteroatoms. The van der Waals surface area contributed by atoms with Crippen molar-refractivity contribution in [2.45, 2.75) is 76.0 Å². The molecule has 0 aromatic rings. The average molecular weight is 292 g/mol. The van der Waals surface area contributed by atoms with E-state index >= 15 is 0 Å². The molecule has 0 aromatic heterocycles. The molecule has 0 heterocycles. The van der Waals surface area contributed by atoms with Gasteiger partial charge in [0.15, 0.2) is 0 Å². The third-order valence-corrected chi connectivity index (χ3v) is 4.78. The van der Waals surface area contributed by atoms with E-state index in [1.54, 1.807) is 4.90 Å². The number of primary amides is 1. The topological polar surface area (TPSA) is 46.3 Å². The van der Waals surface area contributed by atoms with Crippen LogP contribution in [0.3, 0.4) is 0 Å². The van der Waals surface area contributed by atoms with E-state index in [4.69, 9.17) is 5.73 Å². The van der Waals surface area contributed by atoms with E-state index in [0.717, 1.165) is 25.7 Å². The van der Waals surface area contributed by atoms with Crippen LogP contribution in [0, 0.1) is 5.92 Å². The van der Waals surface area contributed by atoms with Crippen LogP contribution in [0.25, 0.3) is 0 Å². The van der Waals surface area contributed by atoms with Gasteiger partial charge in [-0.2, -0.15) is 13.2 Å². The molecule has 0 saturated heterocycles. The van der Waals surface area contributed by atoms with Crippen molar-refractivity contribution in [1.82, 2.24) is 4.90 Å². The van der Waals surface area contributed by atoms with Crippen LogP contribution in [0.5, 0.6) is 0 Å². The molecule has 2 aliphatic rings. The molecule has 20 heavy (non-hydrogen) atoms. The summed E-state index contributed by atoms with van der Waals surface area (Å²) in [6.45, 7) is 0. The van der Waals surface area contributed by atoms with Crippen LogP contribution in [0.2, 0.25) is 0 Å². The summed E-state index contributed by atoms with van der Waals surface area (Å²) >= 11 is 0. The first-order valence-electron chi connectivity index (χ1n) is 7.54. The molecule has 0 unspecified atom stereocenters. The second kappa shape index (κ2) is 6.22. The fourth-order valence-electron chi connectivity index (χ4n) is 3.70. The summed E-state index contributed by atoms with van der Waals surface area (Å²) in [7, 11) is 0. The van der Waals surface area contributed by atoms with Gasteiger partial charge in [-0.25, -0.2) is 4.79 Å². The minimum absolute atomic E-state index is 0.103. The fourth-order valence-corrected chi connectivity index (χ4v) is 3.70.